The van der Waals surface area contributed by atoms with Crippen molar-refractivity contribution in [3.63, 3.8) is 0 Å². The molecule has 0 aliphatic heterocycles. The van der Waals surface area contributed by atoms with Crippen molar-refractivity contribution >= 4 is 34.8 Å². The highest BCUT2D eigenvalue weighted by Crippen LogP contribution is 2.25. The zero-order valence-electron chi connectivity index (χ0n) is 10.2. The summed E-state index contributed by atoms with van der Waals surface area (Å²) in [6.07, 6.45) is 0. The zero-order chi connectivity index (χ0) is 13.7. The summed E-state index contributed by atoms with van der Waals surface area (Å²) >= 11 is 18.4. The average Bonchev–Trinajstić information content (AvgIpc) is 2.44. The van der Waals surface area contributed by atoms with Crippen LogP contribution in [-0.4, -0.2) is 6.54 Å². The van der Waals surface area contributed by atoms with Crippen molar-refractivity contribution in [3.8, 4) is 0 Å². The summed E-state index contributed by atoms with van der Waals surface area (Å²) in [6, 6.07) is 15.6. The lowest BCUT2D eigenvalue weighted by Crippen LogP contribution is -2.18. The minimum atomic E-state index is -0.0563. The van der Waals surface area contributed by atoms with E-state index in [4.69, 9.17) is 34.8 Å². The zero-order valence-corrected chi connectivity index (χ0v) is 12.5. The van der Waals surface area contributed by atoms with Crippen molar-refractivity contribution in [2.45, 2.75) is 11.9 Å². The van der Waals surface area contributed by atoms with E-state index in [0.29, 0.717) is 23.1 Å². The number of rotatable bonds is 5. The van der Waals surface area contributed by atoms with Gasteiger partial charge in [0.2, 0.25) is 0 Å². The topological polar surface area (TPSA) is 12.0 Å². The molecule has 19 heavy (non-hydrogen) atoms. The van der Waals surface area contributed by atoms with E-state index in [1.165, 1.54) is 0 Å². The number of hydrogen-bond donors (Lipinski definition) is 1. The Balaban J connectivity index is 1.88. The molecule has 1 atom stereocenters. The van der Waals surface area contributed by atoms with Crippen molar-refractivity contribution in [2.75, 3.05) is 6.54 Å². The molecular weight excluding hydrogens is 301 g/mol. The lowest BCUT2D eigenvalue weighted by atomic mass is 10.1. The Bertz CT molecular complexity index is 528. The largest absolute Gasteiger partial charge is 0.311 e. The van der Waals surface area contributed by atoms with E-state index in [2.05, 4.69) is 5.32 Å². The van der Waals surface area contributed by atoms with E-state index in [1.54, 1.807) is 6.07 Å². The third-order valence-corrected chi connectivity index (χ3v) is 4.10. The summed E-state index contributed by atoms with van der Waals surface area (Å²) in [5.74, 6) is 0. The maximum Gasteiger partial charge on any atom is 0.0709 e. The van der Waals surface area contributed by atoms with E-state index in [1.807, 2.05) is 42.5 Å². The van der Waals surface area contributed by atoms with E-state index < -0.39 is 0 Å². The number of alkyl halides is 1. The van der Waals surface area contributed by atoms with Crippen molar-refractivity contribution in [1.29, 1.82) is 0 Å². The number of nitrogens with one attached hydrogen (secondary N) is 1. The molecule has 100 valence electrons. The summed E-state index contributed by atoms with van der Waals surface area (Å²) in [5, 5.41) is 4.41. The molecule has 0 amide bonds. The summed E-state index contributed by atoms with van der Waals surface area (Å²) in [7, 11) is 0. The lowest BCUT2D eigenvalue weighted by Gasteiger charge is -2.12. The van der Waals surface area contributed by atoms with Crippen molar-refractivity contribution < 1.29 is 0 Å². The molecule has 0 fully saturated rings. The third-order valence-electron chi connectivity index (χ3n) is 2.83. The van der Waals surface area contributed by atoms with Gasteiger partial charge in [0.05, 0.1) is 15.4 Å². The summed E-state index contributed by atoms with van der Waals surface area (Å²) in [6.45, 7) is 1.32. The van der Waals surface area contributed by atoms with E-state index in [9.17, 15) is 0 Å². The van der Waals surface area contributed by atoms with Crippen molar-refractivity contribution in [2.24, 2.45) is 0 Å². The fraction of sp³-hybridized carbons (Fsp3) is 0.200. The molecule has 0 spiro atoms. The van der Waals surface area contributed by atoms with Gasteiger partial charge in [-0.25, -0.2) is 0 Å². The second kappa shape index (κ2) is 7.16. The number of halogens is 3. The fourth-order valence-corrected chi connectivity index (χ4v) is 2.44. The van der Waals surface area contributed by atoms with Crippen molar-refractivity contribution in [1.82, 2.24) is 5.32 Å². The molecule has 2 aromatic rings. The van der Waals surface area contributed by atoms with Crippen LogP contribution in [-0.2, 0) is 6.54 Å². The lowest BCUT2D eigenvalue weighted by molar-refractivity contribution is 0.675. The minimum absolute atomic E-state index is 0.0563. The second-order valence-electron chi connectivity index (χ2n) is 4.22. The normalized spacial score (nSPS) is 12.4. The summed E-state index contributed by atoms with van der Waals surface area (Å²) in [5.41, 5.74) is 2.08. The molecule has 0 radical (unpaired) electrons. The van der Waals surface area contributed by atoms with Gasteiger partial charge in [0.1, 0.15) is 0 Å². The second-order valence-corrected chi connectivity index (χ2v) is 5.53. The van der Waals surface area contributed by atoms with Crippen LogP contribution < -0.4 is 5.32 Å². The average molecular weight is 315 g/mol. The number of benzene rings is 2. The molecule has 0 aromatic heterocycles. The van der Waals surface area contributed by atoms with E-state index in [-0.39, 0.29) is 5.38 Å². The molecule has 1 nitrogen and oxygen atoms in total. The van der Waals surface area contributed by atoms with Gasteiger partial charge < -0.3 is 5.32 Å². The van der Waals surface area contributed by atoms with Gasteiger partial charge in [-0.1, -0.05) is 65.7 Å². The van der Waals surface area contributed by atoms with Gasteiger partial charge in [0.25, 0.3) is 0 Å². The Morgan fingerprint density at radius 1 is 0.947 bits per heavy atom. The van der Waals surface area contributed by atoms with E-state index >= 15 is 0 Å². The van der Waals surface area contributed by atoms with Gasteiger partial charge in [-0.2, -0.15) is 0 Å². The summed E-state index contributed by atoms with van der Waals surface area (Å²) < 4.78 is 0. The first kappa shape index (κ1) is 14.7. The van der Waals surface area contributed by atoms with Gasteiger partial charge in [0.15, 0.2) is 0 Å². The molecule has 4 heteroatoms. The number of hydrogen-bond acceptors (Lipinski definition) is 1. The van der Waals surface area contributed by atoms with Gasteiger partial charge in [-0.05, 0) is 17.2 Å². The Morgan fingerprint density at radius 3 is 2.42 bits per heavy atom. The van der Waals surface area contributed by atoms with Gasteiger partial charge in [-0.3, -0.25) is 0 Å². The fourth-order valence-electron chi connectivity index (χ4n) is 1.80. The van der Waals surface area contributed by atoms with Crippen molar-refractivity contribution in [3.05, 3.63) is 69.7 Å². The van der Waals surface area contributed by atoms with Crippen LogP contribution in [0, 0.1) is 0 Å². The quantitative estimate of drug-likeness (QED) is 0.760. The highest BCUT2D eigenvalue weighted by molar-refractivity contribution is 6.42. The monoisotopic (exact) mass is 313 g/mol. The summed E-state index contributed by atoms with van der Waals surface area (Å²) in [4.78, 5) is 0. The smallest absolute Gasteiger partial charge is 0.0709 e. The van der Waals surface area contributed by atoms with Crippen LogP contribution in [0.2, 0.25) is 10.0 Å². The van der Waals surface area contributed by atoms with Gasteiger partial charge >= 0.3 is 0 Å². The van der Waals surface area contributed by atoms with Crippen LogP contribution in [0.5, 0.6) is 0 Å². The minimum Gasteiger partial charge on any atom is -0.311 e. The molecule has 0 heterocycles. The Hall–Kier alpha value is -0.730. The van der Waals surface area contributed by atoms with Crippen LogP contribution in [0.4, 0.5) is 0 Å². The van der Waals surface area contributed by atoms with E-state index in [0.717, 1.165) is 11.1 Å². The molecular formula is C15H14Cl3N. The Morgan fingerprint density at radius 2 is 1.68 bits per heavy atom. The van der Waals surface area contributed by atoms with Crippen LogP contribution in [0.25, 0.3) is 0 Å². The highest BCUT2D eigenvalue weighted by Gasteiger charge is 2.08. The molecule has 1 unspecified atom stereocenters. The first-order valence-corrected chi connectivity index (χ1v) is 7.20. The van der Waals surface area contributed by atoms with Crippen LogP contribution in [0.1, 0.15) is 16.5 Å². The molecule has 2 aromatic carbocycles. The highest BCUT2D eigenvalue weighted by atomic mass is 35.5. The molecule has 1 N–H and O–H groups in total. The molecule has 0 saturated carbocycles. The van der Waals surface area contributed by atoms with Crippen LogP contribution in [0.3, 0.4) is 0 Å². The SMILES string of the molecule is Clc1cccc(CNCC(Cl)c2ccccc2)c1Cl. The maximum absolute atomic E-state index is 6.32. The van der Waals surface area contributed by atoms with Crippen LogP contribution in [0.15, 0.2) is 48.5 Å². The molecule has 0 aliphatic rings. The molecule has 0 bridgehead atoms. The predicted octanol–water partition coefficient (Wildman–Crippen LogP) is 5.06. The Kier molecular flexibility index (Phi) is 5.53. The molecule has 2 rings (SSSR count). The van der Waals surface area contributed by atoms with Crippen LogP contribution >= 0.6 is 34.8 Å². The molecule has 0 aliphatic carbocycles. The Labute approximate surface area is 128 Å². The van der Waals surface area contributed by atoms with Gasteiger partial charge in [-0.15, -0.1) is 11.6 Å². The first-order valence-electron chi connectivity index (χ1n) is 6.01. The molecule has 0 saturated heterocycles. The third kappa shape index (κ3) is 4.12. The first-order chi connectivity index (χ1) is 9.18. The standard InChI is InChI=1S/C15H14Cl3N/c16-13-8-4-7-12(15(13)18)9-19-10-14(17)11-5-2-1-3-6-11/h1-8,14,19H,9-10H2. The van der Waals surface area contributed by atoms with Gasteiger partial charge in [0, 0.05) is 13.1 Å². The maximum atomic E-state index is 6.32. The predicted molar refractivity (Wildman–Crippen MR) is 83.2 cm³/mol.